The lowest BCUT2D eigenvalue weighted by molar-refractivity contribution is 0.0785. The molecule has 0 spiro atoms. The van der Waals surface area contributed by atoms with E-state index < -0.39 is 5.60 Å². The lowest BCUT2D eigenvalue weighted by Crippen LogP contribution is -2.39. The van der Waals surface area contributed by atoms with Gasteiger partial charge in [0.25, 0.3) is 0 Å². The Morgan fingerprint density at radius 2 is 1.95 bits per heavy atom. The predicted octanol–water partition coefficient (Wildman–Crippen LogP) is 6.91. The largest absolute Gasteiger partial charge is 0.487 e. The molecule has 1 fully saturated rings. The van der Waals surface area contributed by atoms with Crippen molar-refractivity contribution in [1.82, 2.24) is 14.8 Å². The van der Waals surface area contributed by atoms with Gasteiger partial charge in [0.15, 0.2) is 0 Å². The van der Waals surface area contributed by atoms with Crippen molar-refractivity contribution in [1.29, 1.82) is 0 Å². The lowest BCUT2D eigenvalue weighted by atomic mass is 9.90. The molecule has 1 N–H and O–H groups in total. The summed E-state index contributed by atoms with van der Waals surface area (Å²) in [6, 6.07) is 19.0. The minimum Gasteiger partial charge on any atom is -0.487 e. The van der Waals surface area contributed by atoms with Crippen molar-refractivity contribution in [2.75, 3.05) is 26.2 Å². The monoisotopic (exact) mass is 559 g/mol. The summed E-state index contributed by atoms with van der Waals surface area (Å²) in [7, 11) is 0. The summed E-state index contributed by atoms with van der Waals surface area (Å²) >= 11 is 6.13. The highest BCUT2D eigenvalue weighted by Crippen LogP contribution is 2.38. The molecular weight excluding hydrogens is 518 g/mol. The predicted molar refractivity (Wildman–Crippen MR) is 163 cm³/mol. The molecule has 1 atom stereocenters. The minimum absolute atomic E-state index is 0.440. The number of likely N-dealkylation sites (tertiary alicyclic amines) is 1. The number of ether oxygens (including phenoxy) is 1. The number of pyridine rings is 1. The average molecular weight is 560 g/mol. The lowest BCUT2D eigenvalue weighted by Gasteiger charge is -2.30. The Labute approximate surface area is 244 Å². The first-order chi connectivity index (χ1) is 19.2. The molecule has 2 aliphatic rings. The third kappa shape index (κ3) is 6.95. The van der Waals surface area contributed by atoms with Crippen molar-refractivity contribution in [2.24, 2.45) is 5.92 Å². The van der Waals surface area contributed by atoms with Crippen molar-refractivity contribution in [3.63, 3.8) is 0 Å². The van der Waals surface area contributed by atoms with Crippen molar-refractivity contribution in [3.8, 4) is 5.75 Å². The summed E-state index contributed by atoms with van der Waals surface area (Å²) in [6.45, 7) is 14.0. The quantitative estimate of drug-likeness (QED) is 0.309. The summed E-state index contributed by atoms with van der Waals surface area (Å²) in [5.74, 6) is 1.45. The molecule has 2 aliphatic heterocycles. The van der Waals surface area contributed by atoms with E-state index in [1.54, 1.807) is 0 Å². The van der Waals surface area contributed by atoms with E-state index in [0.29, 0.717) is 18.6 Å². The van der Waals surface area contributed by atoms with Crippen LogP contribution in [0.15, 0.2) is 66.9 Å². The molecule has 1 aromatic heterocycles. The highest BCUT2D eigenvalue weighted by atomic mass is 35.5. The summed E-state index contributed by atoms with van der Waals surface area (Å²) in [5.41, 5.74) is 5.49. The van der Waals surface area contributed by atoms with E-state index in [0.717, 1.165) is 77.9 Å². The molecule has 0 amide bonds. The van der Waals surface area contributed by atoms with Crippen LogP contribution in [0.3, 0.4) is 0 Å². The molecule has 0 radical (unpaired) electrons. The van der Waals surface area contributed by atoms with Crippen molar-refractivity contribution in [3.05, 3.63) is 99.8 Å². The van der Waals surface area contributed by atoms with Crippen molar-refractivity contribution in [2.45, 2.75) is 65.3 Å². The second-order valence-corrected chi connectivity index (χ2v) is 12.6. The number of rotatable bonds is 9. The molecule has 0 aliphatic carbocycles. The van der Waals surface area contributed by atoms with Gasteiger partial charge in [0, 0.05) is 54.6 Å². The first-order valence-electron chi connectivity index (χ1n) is 14.5. The van der Waals surface area contributed by atoms with Crippen LogP contribution in [-0.4, -0.2) is 52.1 Å². The highest BCUT2D eigenvalue weighted by Gasteiger charge is 2.28. The number of aromatic nitrogens is 1. The normalized spacial score (nSPS) is 18.6. The number of hydrogen-bond acceptors (Lipinski definition) is 5. The number of halogens is 1. The number of nitrogens with zero attached hydrogens (tertiary/aromatic N) is 3. The fourth-order valence-electron chi connectivity index (χ4n) is 5.90. The maximum absolute atomic E-state index is 10.7. The van der Waals surface area contributed by atoms with Crippen LogP contribution in [0, 0.1) is 5.92 Å². The van der Waals surface area contributed by atoms with E-state index in [-0.39, 0.29) is 0 Å². The third-order valence-electron chi connectivity index (χ3n) is 7.98. The smallest absolute Gasteiger partial charge is 0.131 e. The minimum atomic E-state index is -0.928. The third-order valence-corrected chi connectivity index (χ3v) is 8.23. The Hall–Kier alpha value is -2.70. The first kappa shape index (κ1) is 28.8. The summed E-state index contributed by atoms with van der Waals surface area (Å²) in [6.07, 6.45) is 6.30. The molecule has 5 rings (SSSR count). The van der Waals surface area contributed by atoms with Gasteiger partial charge < -0.3 is 14.7 Å². The van der Waals surface area contributed by atoms with Crippen molar-refractivity contribution >= 4 is 17.2 Å². The fourth-order valence-corrected chi connectivity index (χ4v) is 6.02. The zero-order valence-electron chi connectivity index (χ0n) is 24.2. The van der Waals surface area contributed by atoms with Gasteiger partial charge in [-0.3, -0.25) is 9.88 Å². The van der Waals surface area contributed by atoms with Crippen LogP contribution in [0.4, 0.5) is 0 Å². The van der Waals surface area contributed by atoms with Gasteiger partial charge in [-0.1, -0.05) is 55.8 Å². The molecule has 1 unspecified atom stereocenters. The van der Waals surface area contributed by atoms with Gasteiger partial charge in [0.1, 0.15) is 12.4 Å². The Morgan fingerprint density at radius 1 is 1.15 bits per heavy atom. The number of fused-ring (bicyclic) bond motifs is 2. The molecule has 212 valence electrons. The van der Waals surface area contributed by atoms with Crippen LogP contribution in [0.5, 0.6) is 5.75 Å². The Bertz CT molecular complexity index is 1330. The van der Waals surface area contributed by atoms with Gasteiger partial charge in [-0.15, -0.1) is 0 Å². The topological polar surface area (TPSA) is 48.8 Å². The molecule has 3 heterocycles. The standard InChI is InChI=1S/C34H42ClN3O2/c1-24(2)20-38(21-25-9-12-27(35)13-10-25)28-15-18-37(22-28)17-6-8-29-30-7-5-16-36-32(30)23-40-33-14-11-26(19-31(29)33)34(3,4)39/h5,7-14,16,19,24,28,39H,6,15,17-18,20-23H2,1-4H3. The van der Waals surface area contributed by atoms with Gasteiger partial charge in [-0.2, -0.15) is 0 Å². The Morgan fingerprint density at radius 3 is 2.70 bits per heavy atom. The molecule has 0 bridgehead atoms. The van der Waals surface area contributed by atoms with E-state index in [1.807, 2.05) is 50.4 Å². The van der Waals surface area contributed by atoms with Crippen LogP contribution in [-0.2, 0) is 18.8 Å². The van der Waals surface area contributed by atoms with Crippen LogP contribution in [0.1, 0.15) is 68.5 Å². The molecule has 6 heteroatoms. The second kappa shape index (κ2) is 12.4. The van der Waals surface area contributed by atoms with Gasteiger partial charge in [-0.25, -0.2) is 0 Å². The first-order valence-corrected chi connectivity index (χ1v) is 14.9. The molecule has 2 aromatic carbocycles. The number of aliphatic hydroxyl groups is 1. The summed E-state index contributed by atoms with van der Waals surface area (Å²) in [5, 5.41) is 11.5. The Kier molecular flexibility index (Phi) is 8.96. The van der Waals surface area contributed by atoms with E-state index >= 15 is 0 Å². The van der Waals surface area contributed by atoms with Crippen LogP contribution in [0.2, 0.25) is 5.02 Å². The van der Waals surface area contributed by atoms with Crippen LogP contribution >= 0.6 is 11.6 Å². The van der Waals surface area contributed by atoms with E-state index in [9.17, 15) is 5.11 Å². The van der Waals surface area contributed by atoms with Gasteiger partial charge in [0.05, 0.1) is 11.3 Å². The van der Waals surface area contributed by atoms with Gasteiger partial charge >= 0.3 is 0 Å². The molecule has 3 aromatic rings. The molecule has 40 heavy (non-hydrogen) atoms. The molecular formula is C34H42ClN3O2. The maximum Gasteiger partial charge on any atom is 0.131 e. The van der Waals surface area contributed by atoms with Crippen molar-refractivity contribution < 1.29 is 9.84 Å². The molecule has 1 saturated heterocycles. The second-order valence-electron chi connectivity index (χ2n) is 12.2. The highest BCUT2D eigenvalue weighted by molar-refractivity contribution is 6.30. The summed E-state index contributed by atoms with van der Waals surface area (Å²) in [4.78, 5) is 9.88. The zero-order valence-corrected chi connectivity index (χ0v) is 25.0. The molecule has 5 nitrogen and oxygen atoms in total. The molecule has 0 saturated carbocycles. The summed E-state index contributed by atoms with van der Waals surface area (Å²) < 4.78 is 6.17. The van der Waals surface area contributed by atoms with E-state index in [2.05, 4.69) is 59.0 Å². The zero-order chi connectivity index (χ0) is 28.3. The van der Waals surface area contributed by atoms with Gasteiger partial charge in [-0.05, 0) is 86.2 Å². The van der Waals surface area contributed by atoms with E-state index in [4.69, 9.17) is 16.3 Å². The average Bonchev–Trinajstić information content (AvgIpc) is 3.33. The SMILES string of the molecule is CC(C)CN(Cc1ccc(Cl)cc1)C1CCN(CCC=C2c3cc(C(C)(C)O)ccc3OCc3ncccc32)C1. The number of hydrogen-bond donors (Lipinski definition) is 1. The maximum atomic E-state index is 10.7. The van der Waals surface area contributed by atoms with Gasteiger partial charge in [0.2, 0.25) is 0 Å². The van der Waals surface area contributed by atoms with Crippen LogP contribution < -0.4 is 4.74 Å². The fraction of sp³-hybridized carbons (Fsp3) is 0.441. The number of benzene rings is 2. The van der Waals surface area contributed by atoms with Crippen LogP contribution in [0.25, 0.3) is 5.57 Å². The Balaban J connectivity index is 1.32. The van der Waals surface area contributed by atoms with E-state index in [1.165, 1.54) is 12.0 Å².